The Kier molecular flexibility index (Phi) is 7.73. The van der Waals surface area contributed by atoms with Gasteiger partial charge in [-0.25, -0.2) is 0 Å². The number of amides is 1. The fraction of sp³-hybridized carbons (Fsp3) is 0.316. The van der Waals surface area contributed by atoms with E-state index in [0.717, 1.165) is 11.1 Å². The van der Waals surface area contributed by atoms with E-state index in [-0.39, 0.29) is 31.8 Å². The molecule has 0 heterocycles. The molecule has 0 spiro atoms. The van der Waals surface area contributed by atoms with Crippen molar-refractivity contribution in [2.75, 3.05) is 26.4 Å². The van der Waals surface area contributed by atoms with Gasteiger partial charge in [0.25, 0.3) is 5.91 Å². The summed E-state index contributed by atoms with van der Waals surface area (Å²) in [4.78, 5) is 12.0. The molecule has 1 atom stereocenters. The molecular weight excluding hydrogens is 342 g/mol. The van der Waals surface area contributed by atoms with Crippen LogP contribution < -0.4 is 10.1 Å². The summed E-state index contributed by atoms with van der Waals surface area (Å²) in [5.74, 6) is 0.325. The zero-order valence-electron chi connectivity index (χ0n) is 14.1. The third kappa shape index (κ3) is 6.74. The predicted octanol–water partition coefficient (Wildman–Crippen LogP) is 2.89. The second-order valence-electron chi connectivity index (χ2n) is 5.54. The van der Waals surface area contributed by atoms with E-state index in [1.807, 2.05) is 31.2 Å². The number of aryl methyl sites for hydroxylation is 1. The molecule has 2 aromatic carbocycles. The van der Waals surface area contributed by atoms with Crippen molar-refractivity contribution in [3.8, 4) is 5.75 Å². The van der Waals surface area contributed by atoms with Crippen LogP contribution in [0.15, 0.2) is 48.5 Å². The van der Waals surface area contributed by atoms with Crippen LogP contribution in [0.2, 0.25) is 5.02 Å². The average molecular weight is 364 g/mol. The number of carbonyl (C=O) groups is 1. The van der Waals surface area contributed by atoms with Crippen LogP contribution in [0.3, 0.4) is 0 Å². The van der Waals surface area contributed by atoms with Crippen molar-refractivity contribution in [1.29, 1.82) is 0 Å². The number of benzene rings is 2. The first-order valence-corrected chi connectivity index (χ1v) is 8.40. The lowest BCUT2D eigenvalue weighted by molar-refractivity contribution is -0.123. The van der Waals surface area contributed by atoms with Gasteiger partial charge in [0.05, 0.1) is 19.3 Å². The summed E-state index contributed by atoms with van der Waals surface area (Å²) in [5, 5.41) is 12.4. The number of aliphatic hydroxyl groups is 1. The smallest absolute Gasteiger partial charge is 0.258 e. The number of hydrogen-bond acceptors (Lipinski definition) is 4. The van der Waals surface area contributed by atoms with Crippen LogP contribution in [0.25, 0.3) is 0 Å². The van der Waals surface area contributed by atoms with E-state index in [0.29, 0.717) is 17.3 Å². The molecule has 0 aliphatic heterocycles. The van der Waals surface area contributed by atoms with Crippen molar-refractivity contribution in [2.24, 2.45) is 0 Å². The van der Waals surface area contributed by atoms with Crippen molar-refractivity contribution < 1.29 is 19.4 Å². The molecular formula is C19H22ClNO4. The van der Waals surface area contributed by atoms with Gasteiger partial charge in [0, 0.05) is 11.6 Å². The number of nitrogens with one attached hydrogen (secondary N) is 1. The fourth-order valence-electron chi connectivity index (χ4n) is 2.19. The van der Waals surface area contributed by atoms with Gasteiger partial charge >= 0.3 is 0 Å². The summed E-state index contributed by atoms with van der Waals surface area (Å²) in [6.45, 7) is 2.34. The Morgan fingerprint density at radius 1 is 1.16 bits per heavy atom. The van der Waals surface area contributed by atoms with Crippen LogP contribution in [0.4, 0.5) is 0 Å². The highest BCUT2D eigenvalue weighted by atomic mass is 35.5. The lowest BCUT2D eigenvalue weighted by Crippen LogP contribution is -2.33. The van der Waals surface area contributed by atoms with Gasteiger partial charge in [-0.15, -0.1) is 0 Å². The standard InChI is InChI=1S/C19H22ClNO4/c1-14-2-4-15(5-3-14)18(24-11-10-22)12-21-19(23)13-25-17-8-6-16(20)7-9-17/h2-9,18,22H,10-13H2,1H3,(H,21,23). The van der Waals surface area contributed by atoms with Crippen LogP contribution >= 0.6 is 11.6 Å². The van der Waals surface area contributed by atoms with Crippen LogP contribution in [0.1, 0.15) is 17.2 Å². The summed E-state index contributed by atoms with van der Waals surface area (Å²) in [5.41, 5.74) is 2.09. The molecule has 25 heavy (non-hydrogen) atoms. The van der Waals surface area contributed by atoms with Gasteiger partial charge in [-0.05, 0) is 36.8 Å². The highest BCUT2D eigenvalue weighted by molar-refractivity contribution is 6.30. The Hall–Kier alpha value is -2.08. The summed E-state index contributed by atoms with van der Waals surface area (Å²) in [6, 6.07) is 14.7. The maximum absolute atomic E-state index is 12.0. The molecule has 2 aromatic rings. The van der Waals surface area contributed by atoms with Gasteiger partial charge in [-0.3, -0.25) is 4.79 Å². The molecule has 2 rings (SSSR count). The van der Waals surface area contributed by atoms with Gasteiger partial charge in [0.1, 0.15) is 5.75 Å². The molecule has 1 unspecified atom stereocenters. The summed E-state index contributed by atoms with van der Waals surface area (Å²) < 4.78 is 11.0. The van der Waals surface area contributed by atoms with Crippen molar-refractivity contribution >= 4 is 17.5 Å². The molecule has 0 aliphatic rings. The maximum Gasteiger partial charge on any atom is 0.258 e. The topological polar surface area (TPSA) is 67.8 Å². The summed E-state index contributed by atoms with van der Waals surface area (Å²) in [7, 11) is 0. The molecule has 0 saturated carbocycles. The first-order valence-electron chi connectivity index (χ1n) is 8.02. The minimum atomic E-state index is -0.327. The van der Waals surface area contributed by atoms with Crippen LogP contribution in [-0.4, -0.2) is 37.4 Å². The first kappa shape index (κ1) is 19.2. The van der Waals surface area contributed by atoms with E-state index in [9.17, 15) is 4.79 Å². The van der Waals surface area contributed by atoms with Crippen molar-refractivity contribution in [1.82, 2.24) is 5.32 Å². The Morgan fingerprint density at radius 2 is 1.84 bits per heavy atom. The molecule has 1 amide bonds. The molecule has 0 radical (unpaired) electrons. The second kappa shape index (κ2) is 10.0. The predicted molar refractivity (Wildman–Crippen MR) is 96.9 cm³/mol. The minimum Gasteiger partial charge on any atom is -0.484 e. The molecule has 0 aromatic heterocycles. The van der Waals surface area contributed by atoms with Crippen molar-refractivity contribution in [3.63, 3.8) is 0 Å². The summed E-state index contributed by atoms with van der Waals surface area (Å²) in [6.07, 6.45) is -0.327. The van der Waals surface area contributed by atoms with E-state index in [1.54, 1.807) is 24.3 Å². The molecule has 2 N–H and O–H groups in total. The van der Waals surface area contributed by atoms with E-state index >= 15 is 0 Å². The molecule has 0 bridgehead atoms. The second-order valence-corrected chi connectivity index (χ2v) is 5.98. The Morgan fingerprint density at radius 3 is 2.48 bits per heavy atom. The number of ether oxygens (including phenoxy) is 2. The van der Waals surface area contributed by atoms with Crippen LogP contribution in [-0.2, 0) is 9.53 Å². The number of hydrogen-bond donors (Lipinski definition) is 2. The molecule has 0 fully saturated rings. The average Bonchev–Trinajstić information content (AvgIpc) is 2.62. The van der Waals surface area contributed by atoms with Crippen molar-refractivity contribution in [2.45, 2.75) is 13.0 Å². The Balaban J connectivity index is 1.84. The largest absolute Gasteiger partial charge is 0.484 e. The van der Waals surface area contributed by atoms with Gasteiger partial charge in [0.2, 0.25) is 0 Å². The van der Waals surface area contributed by atoms with E-state index < -0.39 is 0 Å². The molecule has 0 saturated heterocycles. The maximum atomic E-state index is 12.0. The number of halogens is 1. The minimum absolute atomic E-state index is 0.0734. The lowest BCUT2D eigenvalue weighted by Gasteiger charge is -2.19. The van der Waals surface area contributed by atoms with Crippen molar-refractivity contribution in [3.05, 3.63) is 64.7 Å². The molecule has 6 heteroatoms. The highest BCUT2D eigenvalue weighted by Gasteiger charge is 2.14. The molecule has 134 valence electrons. The zero-order chi connectivity index (χ0) is 18.1. The molecule has 5 nitrogen and oxygen atoms in total. The quantitative estimate of drug-likeness (QED) is 0.718. The number of carbonyl (C=O) groups excluding carboxylic acids is 1. The van der Waals surface area contributed by atoms with Gasteiger partial charge < -0.3 is 19.9 Å². The van der Waals surface area contributed by atoms with Crippen LogP contribution in [0, 0.1) is 6.92 Å². The monoisotopic (exact) mass is 363 g/mol. The van der Waals surface area contributed by atoms with E-state index in [1.165, 1.54) is 0 Å². The lowest BCUT2D eigenvalue weighted by atomic mass is 10.1. The van der Waals surface area contributed by atoms with Gasteiger partial charge in [0.15, 0.2) is 6.61 Å². The third-order valence-corrected chi connectivity index (χ3v) is 3.78. The van der Waals surface area contributed by atoms with Gasteiger partial charge in [-0.1, -0.05) is 41.4 Å². The SMILES string of the molecule is Cc1ccc(C(CNC(=O)COc2ccc(Cl)cc2)OCCO)cc1. The zero-order valence-corrected chi connectivity index (χ0v) is 14.8. The first-order chi connectivity index (χ1) is 12.1. The normalized spacial score (nSPS) is 11.8. The molecule has 0 aliphatic carbocycles. The third-order valence-electron chi connectivity index (χ3n) is 3.53. The van der Waals surface area contributed by atoms with E-state index in [2.05, 4.69) is 5.32 Å². The fourth-order valence-corrected chi connectivity index (χ4v) is 2.31. The van der Waals surface area contributed by atoms with E-state index in [4.69, 9.17) is 26.2 Å². The Labute approximate surface area is 152 Å². The summed E-state index contributed by atoms with van der Waals surface area (Å²) >= 11 is 5.80. The highest BCUT2D eigenvalue weighted by Crippen LogP contribution is 2.18. The number of aliphatic hydroxyl groups excluding tert-OH is 1. The van der Waals surface area contributed by atoms with Crippen LogP contribution in [0.5, 0.6) is 5.75 Å². The van der Waals surface area contributed by atoms with Gasteiger partial charge in [-0.2, -0.15) is 0 Å². The Bertz CT molecular complexity index is 658. The number of rotatable bonds is 9.